The summed E-state index contributed by atoms with van der Waals surface area (Å²) >= 11 is 0. The molecule has 3 aromatic rings. The van der Waals surface area contributed by atoms with Gasteiger partial charge in [-0.05, 0) is 29.8 Å². The first-order chi connectivity index (χ1) is 13.4. The second-order valence-corrected chi connectivity index (χ2v) is 8.02. The van der Waals surface area contributed by atoms with Crippen LogP contribution in [-0.2, 0) is 16.3 Å². The third-order valence-electron chi connectivity index (χ3n) is 3.98. The predicted molar refractivity (Wildman–Crippen MR) is 101 cm³/mol. The predicted octanol–water partition coefficient (Wildman–Crippen LogP) is 2.20. The number of carbonyl (C=O) groups excluding carboxylic acids is 1. The molecule has 0 spiro atoms. The molecule has 0 fully saturated rings. The Bertz CT molecular complexity index is 1050. The van der Waals surface area contributed by atoms with E-state index in [-0.39, 0.29) is 11.8 Å². The lowest BCUT2D eigenvalue weighted by Crippen LogP contribution is -2.30. The molecule has 0 radical (unpaired) electrons. The summed E-state index contributed by atoms with van der Waals surface area (Å²) in [5, 5.41) is 9.75. The molecule has 8 nitrogen and oxygen atoms in total. The Hall–Kier alpha value is -3.20. The van der Waals surface area contributed by atoms with Gasteiger partial charge in [-0.2, -0.15) is 0 Å². The standard InChI is InChI=1S/C19H19N3O5S/c1-26-15-10-8-14(9-11-15)17(23)20-16(12-13-6-4-3-5-7-13)18-21-22-19(27-18)28(2,24)25/h3-11,16H,12H2,1-2H3,(H,20,23)/t16-/m0/s1. The molecular formula is C19H19N3O5S. The Morgan fingerprint density at radius 3 is 2.36 bits per heavy atom. The lowest BCUT2D eigenvalue weighted by Gasteiger charge is -2.15. The first-order valence-electron chi connectivity index (χ1n) is 8.39. The summed E-state index contributed by atoms with van der Waals surface area (Å²) in [6.45, 7) is 0. The van der Waals surface area contributed by atoms with Gasteiger partial charge in [0.25, 0.3) is 5.91 Å². The highest BCUT2D eigenvalue weighted by Gasteiger charge is 2.25. The molecule has 0 aliphatic rings. The van der Waals surface area contributed by atoms with Crippen molar-refractivity contribution < 1.29 is 22.4 Å². The lowest BCUT2D eigenvalue weighted by molar-refractivity contribution is 0.0929. The number of benzene rings is 2. The van der Waals surface area contributed by atoms with E-state index in [2.05, 4.69) is 15.5 Å². The van der Waals surface area contributed by atoms with Crippen molar-refractivity contribution in [2.75, 3.05) is 13.4 Å². The third kappa shape index (κ3) is 4.74. The van der Waals surface area contributed by atoms with Gasteiger partial charge in [0.15, 0.2) is 0 Å². The maximum absolute atomic E-state index is 12.7. The molecule has 0 aliphatic heterocycles. The van der Waals surface area contributed by atoms with Crippen molar-refractivity contribution in [3.63, 3.8) is 0 Å². The van der Waals surface area contributed by atoms with Crippen LogP contribution < -0.4 is 10.1 Å². The molecule has 1 N–H and O–H groups in total. The highest BCUT2D eigenvalue weighted by molar-refractivity contribution is 7.90. The molecule has 1 amide bonds. The zero-order valence-electron chi connectivity index (χ0n) is 15.3. The van der Waals surface area contributed by atoms with E-state index in [1.54, 1.807) is 31.4 Å². The fraction of sp³-hybridized carbons (Fsp3) is 0.211. The number of methoxy groups -OCH3 is 1. The summed E-state index contributed by atoms with van der Waals surface area (Å²) in [6.07, 6.45) is 1.33. The molecule has 0 saturated heterocycles. The number of amides is 1. The van der Waals surface area contributed by atoms with Gasteiger partial charge in [-0.3, -0.25) is 4.79 Å². The molecule has 28 heavy (non-hydrogen) atoms. The molecule has 146 valence electrons. The number of carbonyl (C=O) groups is 1. The number of ether oxygens (including phenoxy) is 1. The number of rotatable bonds is 7. The van der Waals surface area contributed by atoms with E-state index in [0.717, 1.165) is 11.8 Å². The number of hydrogen-bond donors (Lipinski definition) is 1. The molecule has 3 rings (SSSR count). The number of nitrogens with zero attached hydrogens (tertiary/aromatic N) is 2. The normalized spacial score (nSPS) is 12.4. The minimum atomic E-state index is -3.64. The van der Waals surface area contributed by atoms with Crippen molar-refractivity contribution in [2.45, 2.75) is 17.7 Å². The van der Waals surface area contributed by atoms with Crippen LogP contribution in [0.2, 0.25) is 0 Å². The number of hydrogen-bond acceptors (Lipinski definition) is 7. The van der Waals surface area contributed by atoms with Crippen molar-refractivity contribution in [2.24, 2.45) is 0 Å². The van der Waals surface area contributed by atoms with Gasteiger partial charge in [0.05, 0.1) is 7.11 Å². The van der Waals surface area contributed by atoms with Crippen molar-refractivity contribution >= 4 is 15.7 Å². The molecule has 0 aliphatic carbocycles. The van der Waals surface area contributed by atoms with Crippen LogP contribution in [0.5, 0.6) is 5.75 Å². The first-order valence-corrected chi connectivity index (χ1v) is 10.3. The van der Waals surface area contributed by atoms with Crippen LogP contribution in [0.1, 0.15) is 27.9 Å². The Balaban J connectivity index is 1.87. The van der Waals surface area contributed by atoms with Gasteiger partial charge in [-0.25, -0.2) is 8.42 Å². The largest absolute Gasteiger partial charge is 0.497 e. The minimum absolute atomic E-state index is 0.0196. The second kappa shape index (κ2) is 8.22. The van der Waals surface area contributed by atoms with Gasteiger partial charge in [0.1, 0.15) is 11.8 Å². The van der Waals surface area contributed by atoms with E-state index >= 15 is 0 Å². The number of aromatic nitrogens is 2. The van der Waals surface area contributed by atoms with Crippen LogP contribution in [0.4, 0.5) is 0 Å². The van der Waals surface area contributed by atoms with E-state index in [4.69, 9.17) is 9.15 Å². The summed E-state index contributed by atoms with van der Waals surface area (Å²) in [5.41, 5.74) is 1.34. The van der Waals surface area contributed by atoms with E-state index in [0.29, 0.717) is 17.7 Å². The Kier molecular flexibility index (Phi) is 5.74. The summed E-state index contributed by atoms with van der Waals surface area (Å²) < 4.78 is 33.7. The van der Waals surface area contributed by atoms with Crippen LogP contribution in [0.25, 0.3) is 0 Å². The number of sulfone groups is 1. The fourth-order valence-corrected chi connectivity index (χ4v) is 2.97. The summed E-state index contributed by atoms with van der Waals surface area (Å²) in [7, 11) is -2.10. The van der Waals surface area contributed by atoms with E-state index in [1.807, 2.05) is 30.3 Å². The van der Waals surface area contributed by atoms with Gasteiger partial charge in [0, 0.05) is 18.2 Å². The second-order valence-electron chi connectivity index (χ2n) is 6.12. The molecule has 0 bridgehead atoms. The van der Waals surface area contributed by atoms with Crippen molar-refractivity contribution in [3.8, 4) is 5.75 Å². The van der Waals surface area contributed by atoms with Gasteiger partial charge in [-0.15, -0.1) is 5.10 Å². The number of nitrogens with one attached hydrogen (secondary N) is 1. The Morgan fingerprint density at radius 2 is 1.79 bits per heavy atom. The molecule has 1 atom stereocenters. The zero-order chi connectivity index (χ0) is 20.1. The van der Waals surface area contributed by atoms with E-state index < -0.39 is 21.1 Å². The van der Waals surface area contributed by atoms with Crippen LogP contribution in [0.15, 0.2) is 64.2 Å². The zero-order valence-corrected chi connectivity index (χ0v) is 16.1. The highest BCUT2D eigenvalue weighted by Crippen LogP contribution is 2.20. The van der Waals surface area contributed by atoms with Gasteiger partial charge in [0.2, 0.25) is 15.7 Å². The van der Waals surface area contributed by atoms with Crippen LogP contribution in [0.3, 0.4) is 0 Å². The molecular weight excluding hydrogens is 382 g/mol. The topological polar surface area (TPSA) is 111 Å². The molecule has 1 aromatic heterocycles. The lowest BCUT2D eigenvalue weighted by atomic mass is 10.1. The summed E-state index contributed by atoms with van der Waals surface area (Å²) in [6, 6.07) is 15.3. The van der Waals surface area contributed by atoms with Crippen LogP contribution in [0, 0.1) is 0 Å². The maximum atomic E-state index is 12.7. The van der Waals surface area contributed by atoms with E-state index in [1.165, 1.54) is 0 Å². The molecule has 2 aromatic carbocycles. The first kappa shape index (κ1) is 19.6. The van der Waals surface area contributed by atoms with Crippen molar-refractivity contribution in [1.29, 1.82) is 0 Å². The van der Waals surface area contributed by atoms with Crippen molar-refractivity contribution in [3.05, 3.63) is 71.6 Å². The smallest absolute Gasteiger partial charge is 0.335 e. The van der Waals surface area contributed by atoms with Gasteiger partial charge >= 0.3 is 5.22 Å². The SMILES string of the molecule is COc1ccc(C(=O)N[C@@H](Cc2ccccc2)c2nnc(S(C)(=O)=O)o2)cc1. The average molecular weight is 401 g/mol. The Morgan fingerprint density at radius 1 is 1.11 bits per heavy atom. The maximum Gasteiger partial charge on any atom is 0.335 e. The highest BCUT2D eigenvalue weighted by atomic mass is 32.2. The molecule has 9 heteroatoms. The molecule has 0 unspecified atom stereocenters. The van der Waals surface area contributed by atoms with Crippen molar-refractivity contribution in [1.82, 2.24) is 15.5 Å². The van der Waals surface area contributed by atoms with E-state index in [9.17, 15) is 13.2 Å². The van der Waals surface area contributed by atoms with Gasteiger partial charge in [-0.1, -0.05) is 35.4 Å². The van der Waals surface area contributed by atoms with Gasteiger partial charge < -0.3 is 14.5 Å². The van der Waals surface area contributed by atoms with Crippen LogP contribution >= 0.6 is 0 Å². The third-order valence-corrected chi connectivity index (χ3v) is 4.78. The molecule has 1 heterocycles. The molecule has 0 saturated carbocycles. The summed E-state index contributed by atoms with van der Waals surface area (Å²) in [4.78, 5) is 12.7. The Labute approximate surface area is 162 Å². The van der Waals surface area contributed by atoms with Crippen LogP contribution in [-0.4, -0.2) is 37.9 Å². The fourth-order valence-electron chi connectivity index (χ4n) is 2.54. The summed E-state index contributed by atoms with van der Waals surface area (Å²) in [5.74, 6) is 0.293. The average Bonchev–Trinajstić information content (AvgIpc) is 3.19. The minimum Gasteiger partial charge on any atom is -0.497 e. The monoisotopic (exact) mass is 401 g/mol. The quantitative estimate of drug-likeness (QED) is 0.646.